The van der Waals surface area contributed by atoms with Gasteiger partial charge in [-0.3, -0.25) is 9.48 Å². The molecule has 1 unspecified atom stereocenters. The first-order chi connectivity index (χ1) is 9.56. The van der Waals surface area contributed by atoms with Gasteiger partial charge in [-0.2, -0.15) is 0 Å². The Morgan fingerprint density at radius 1 is 1.45 bits per heavy atom. The van der Waals surface area contributed by atoms with Crippen LogP contribution in [0.25, 0.3) is 10.9 Å². The maximum atomic E-state index is 11.9. The Kier molecular flexibility index (Phi) is 4.27. The number of benzene rings is 1. The van der Waals surface area contributed by atoms with Gasteiger partial charge in [0.05, 0.1) is 17.5 Å². The number of hydrogen-bond acceptors (Lipinski definition) is 3. The highest BCUT2D eigenvalue weighted by Gasteiger charge is 2.13. The first kappa shape index (κ1) is 14.4. The zero-order valence-electron chi connectivity index (χ0n) is 12.4. The van der Waals surface area contributed by atoms with Crippen molar-refractivity contribution in [2.24, 2.45) is 13.0 Å². The van der Waals surface area contributed by atoms with Crippen molar-refractivity contribution >= 4 is 22.5 Å². The van der Waals surface area contributed by atoms with Gasteiger partial charge in [0.2, 0.25) is 11.8 Å². The highest BCUT2D eigenvalue weighted by Crippen LogP contribution is 2.27. The summed E-state index contributed by atoms with van der Waals surface area (Å²) in [7, 11) is 1.88. The van der Waals surface area contributed by atoms with Crippen molar-refractivity contribution in [3.8, 4) is 5.88 Å². The fourth-order valence-electron chi connectivity index (χ4n) is 2.01. The number of aryl methyl sites for hydroxylation is 1. The molecule has 2 aromatic rings. The highest BCUT2D eigenvalue weighted by atomic mass is 16.5. The van der Waals surface area contributed by atoms with Gasteiger partial charge in [0.1, 0.15) is 0 Å². The number of fused-ring (bicyclic) bond motifs is 1. The molecule has 1 aromatic heterocycles. The van der Waals surface area contributed by atoms with E-state index < -0.39 is 0 Å². The Morgan fingerprint density at radius 3 is 2.85 bits per heavy atom. The molecule has 20 heavy (non-hydrogen) atoms. The van der Waals surface area contributed by atoms with Gasteiger partial charge in [-0.05, 0) is 31.5 Å². The number of aromatic nitrogens is 2. The average molecular weight is 275 g/mol. The van der Waals surface area contributed by atoms with Crippen LogP contribution in [-0.4, -0.2) is 22.3 Å². The van der Waals surface area contributed by atoms with Crippen molar-refractivity contribution in [2.75, 3.05) is 11.9 Å². The van der Waals surface area contributed by atoms with Crippen LogP contribution in [0.15, 0.2) is 18.2 Å². The van der Waals surface area contributed by atoms with E-state index in [9.17, 15) is 4.79 Å². The summed E-state index contributed by atoms with van der Waals surface area (Å²) in [6.07, 6.45) is 0.825. The number of anilines is 1. The first-order valence-corrected chi connectivity index (χ1v) is 6.97. The summed E-state index contributed by atoms with van der Waals surface area (Å²) in [6.45, 7) is 6.41. The summed E-state index contributed by atoms with van der Waals surface area (Å²) >= 11 is 0. The predicted molar refractivity (Wildman–Crippen MR) is 80.0 cm³/mol. The van der Waals surface area contributed by atoms with Crippen LogP contribution in [0.1, 0.15) is 27.2 Å². The van der Waals surface area contributed by atoms with E-state index in [1.165, 1.54) is 0 Å². The molecule has 0 spiro atoms. The molecule has 0 aliphatic carbocycles. The van der Waals surface area contributed by atoms with Gasteiger partial charge in [0.25, 0.3) is 0 Å². The standard InChI is InChI=1S/C15H21N3O2/c1-5-10(3)14(19)16-11-7-8-13-12(9-11)15(20-6-2)17-18(13)4/h7-10H,5-6H2,1-4H3,(H,16,19). The van der Waals surface area contributed by atoms with Crippen molar-refractivity contribution in [1.29, 1.82) is 0 Å². The van der Waals surface area contributed by atoms with Crippen LogP contribution < -0.4 is 10.1 Å². The molecule has 5 nitrogen and oxygen atoms in total. The third-order valence-corrected chi connectivity index (χ3v) is 3.42. The number of nitrogens with one attached hydrogen (secondary N) is 1. The first-order valence-electron chi connectivity index (χ1n) is 6.97. The van der Waals surface area contributed by atoms with Gasteiger partial charge in [0, 0.05) is 18.7 Å². The van der Waals surface area contributed by atoms with E-state index in [1.54, 1.807) is 4.68 Å². The monoisotopic (exact) mass is 275 g/mol. The van der Waals surface area contributed by atoms with E-state index >= 15 is 0 Å². The third-order valence-electron chi connectivity index (χ3n) is 3.42. The number of amides is 1. The van der Waals surface area contributed by atoms with E-state index in [2.05, 4.69) is 10.4 Å². The second-order valence-electron chi connectivity index (χ2n) is 4.89. The maximum absolute atomic E-state index is 11.9. The number of carbonyl (C=O) groups excluding carboxylic acids is 1. The second kappa shape index (κ2) is 5.94. The molecule has 0 aliphatic heterocycles. The number of carbonyl (C=O) groups is 1. The van der Waals surface area contributed by atoms with E-state index in [-0.39, 0.29) is 11.8 Å². The Labute approximate surface area is 118 Å². The molecule has 0 aliphatic rings. The van der Waals surface area contributed by atoms with Crippen LogP contribution in [-0.2, 0) is 11.8 Å². The van der Waals surface area contributed by atoms with Gasteiger partial charge in [-0.25, -0.2) is 0 Å². The molecule has 0 radical (unpaired) electrons. The van der Waals surface area contributed by atoms with Gasteiger partial charge in [-0.1, -0.05) is 13.8 Å². The van der Waals surface area contributed by atoms with Gasteiger partial charge in [-0.15, -0.1) is 5.10 Å². The molecule has 0 bridgehead atoms. The van der Waals surface area contributed by atoms with Crippen molar-refractivity contribution in [3.05, 3.63) is 18.2 Å². The number of nitrogens with zero attached hydrogens (tertiary/aromatic N) is 2. The van der Waals surface area contributed by atoms with E-state index in [1.807, 2.05) is 46.0 Å². The maximum Gasteiger partial charge on any atom is 0.240 e. The summed E-state index contributed by atoms with van der Waals surface area (Å²) in [5.41, 5.74) is 1.76. The predicted octanol–water partition coefficient (Wildman–Crippen LogP) is 2.96. The van der Waals surface area contributed by atoms with Crippen LogP contribution in [0.2, 0.25) is 0 Å². The lowest BCUT2D eigenvalue weighted by Gasteiger charge is -2.10. The van der Waals surface area contributed by atoms with Crippen molar-refractivity contribution < 1.29 is 9.53 Å². The smallest absolute Gasteiger partial charge is 0.240 e. The topological polar surface area (TPSA) is 56.1 Å². The lowest BCUT2D eigenvalue weighted by atomic mass is 10.1. The molecule has 1 aromatic carbocycles. The van der Waals surface area contributed by atoms with Crippen LogP contribution in [0.4, 0.5) is 5.69 Å². The molecule has 1 heterocycles. The molecule has 5 heteroatoms. The lowest BCUT2D eigenvalue weighted by molar-refractivity contribution is -0.119. The molecule has 1 N–H and O–H groups in total. The highest BCUT2D eigenvalue weighted by molar-refractivity contribution is 5.96. The molecule has 1 amide bonds. The largest absolute Gasteiger partial charge is 0.476 e. The number of ether oxygens (including phenoxy) is 1. The quantitative estimate of drug-likeness (QED) is 0.912. The summed E-state index contributed by atoms with van der Waals surface area (Å²) in [4.78, 5) is 11.9. The number of hydrogen-bond donors (Lipinski definition) is 1. The van der Waals surface area contributed by atoms with Crippen molar-refractivity contribution in [1.82, 2.24) is 9.78 Å². The molecular formula is C15H21N3O2. The van der Waals surface area contributed by atoms with Gasteiger partial charge in [0.15, 0.2) is 0 Å². The average Bonchev–Trinajstić information content (AvgIpc) is 2.74. The lowest BCUT2D eigenvalue weighted by Crippen LogP contribution is -2.19. The summed E-state index contributed by atoms with van der Waals surface area (Å²) in [5, 5.41) is 8.18. The third kappa shape index (κ3) is 2.76. The normalized spacial score (nSPS) is 12.4. The minimum Gasteiger partial charge on any atom is -0.476 e. The van der Waals surface area contributed by atoms with Crippen molar-refractivity contribution in [3.63, 3.8) is 0 Å². The van der Waals surface area contributed by atoms with Crippen LogP contribution in [0, 0.1) is 5.92 Å². The Hall–Kier alpha value is -2.04. The molecule has 0 fully saturated rings. The van der Waals surface area contributed by atoms with Crippen LogP contribution in [0.3, 0.4) is 0 Å². The minimum atomic E-state index is 0.00552. The molecule has 2 rings (SSSR count). The molecule has 0 saturated heterocycles. The summed E-state index contributed by atoms with van der Waals surface area (Å²) in [5.74, 6) is 0.643. The van der Waals surface area contributed by atoms with E-state index in [0.29, 0.717) is 12.5 Å². The zero-order valence-corrected chi connectivity index (χ0v) is 12.4. The molecular weight excluding hydrogens is 254 g/mol. The van der Waals surface area contributed by atoms with E-state index in [0.717, 1.165) is 23.0 Å². The van der Waals surface area contributed by atoms with Crippen LogP contribution >= 0.6 is 0 Å². The molecule has 1 atom stereocenters. The van der Waals surface area contributed by atoms with Gasteiger partial charge < -0.3 is 10.1 Å². The SMILES string of the molecule is CCOc1nn(C)c2ccc(NC(=O)C(C)CC)cc12. The summed E-state index contributed by atoms with van der Waals surface area (Å²) in [6, 6.07) is 5.74. The molecule has 108 valence electrons. The fourth-order valence-corrected chi connectivity index (χ4v) is 2.01. The Morgan fingerprint density at radius 2 is 2.20 bits per heavy atom. The van der Waals surface area contributed by atoms with Gasteiger partial charge >= 0.3 is 0 Å². The Bertz CT molecular complexity index is 619. The number of rotatable bonds is 5. The van der Waals surface area contributed by atoms with E-state index in [4.69, 9.17) is 4.74 Å². The van der Waals surface area contributed by atoms with Crippen LogP contribution in [0.5, 0.6) is 5.88 Å². The fraction of sp³-hybridized carbons (Fsp3) is 0.467. The minimum absolute atomic E-state index is 0.00552. The van der Waals surface area contributed by atoms with Crippen molar-refractivity contribution in [2.45, 2.75) is 27.2 Å². The summed E-state index contributed by atoms with van der Waals surface area (Å²) < 4.78 is 7.30. The zero-order chi connectivity index (χ0) is 14.7. The molecule has 0 saturated carbocycles. The second-order valence-corrected chi connectivity index (χ2v) is 4.89. The Balaban J connectivity index is 2.32.